The summed E-state index contributed by atoms with van der Waals surface area (Å²) in [5.74, 6) is -1.05. The van der Waals surface area contributed by atoms with Crippen molar-refractivity contribution in [1.82, 2.24) is 0 Å². The van der Waals surface area contributed by atoms with Gasteiger partial charge in [0.2, 0.25) is 0 Å². The Kier molecular flexibility index (Phi) is 5.67. The molecule has 2 aromatic rings. The standard InChI is InChI=1S/C17H15NO7/c1-23-15-6-4-3-5-11(15)10-25-17(20)13-7-12(16(19)24-2)8-14(9-13)18(21)22/h3-9H,10H2,1-2H3. The molecule has 0 bridgehead atoms. The molecular formula is C17H15NO7. The lowest BCUT2D eigenvalue weighted by Gasteiger charge is -2.09. The van der Waals surface area contributed by atoms with E-state index in [0.29, 0.717) is 11.3 Å². The van der Waals surface area contributed by atoms with Crippen molar-refractivity contribution in [3.05, 3.63) is 69.3 Å². The highest BCUT2D eigenvalue weighted by molar-refractivity contribution is 5.96. The molecule has 8 nitrogen and oxygen atoms in total. The predicted molar refractivity (Wildman–Crippen MR) is 86.5 cm³/mol. The number of benzene rings is 2. The molecule has 2 aromatic carbocycles. The Hall–Kier alpha value is -3.42. The lowest BCUT2D eigenvalue weighted by atomic mass is 10.1. The van der Waals surface area contributed by atoms with Crippen molar-refractivity contribution in [1.29, 1.82) is 0 Å². The molecule has 0 N–H and O–H groups in total. The van der Waals surface area contributed by atoms with Crippen LogP contribution in [0, 0.1) is 10.1 Å². The Balaban J connectivity index is 2.24. The quantitative estimate of drug-likeness (QED) is 0.450. The average Bonchev–Trinajstić information content (AvgIpc) is 2.65. The van der Waals surface area contributed by atoms with Gasteiger partial charge in [-0.3, -0.25) is 10.1 Å². The molecule has 0 atom stereocenters. The first kappa shape index (κ1) is 17.9. The maximum Gasteiger partial charge on any atom is 0.338 e. The molecule has 130 valence electrons. The largest absolute Gasteiger partial charge is 0.496 e. The normalized spacial score (nSPS) is 10.0. The minimum Gasteiger partial charge on any atom is -0.496 e. The Morgan fingerprint density at radius 1 is 1.04 bits per heavy atom. The fourth-order valence-corrected chi connectivity index (χ4v) is 2.12. The van der Waals surface area contributed by atoms with E-state index in [2.05, 4.69) is 4.74 Å². The Bertz CT molecular complexity index is 816. The number of nitro groups is 1. The van der Waals surface area contributed by atoms with Crippen LogP contribution in [0.5, 0.6) is 5.75 Å². The van der Waals surface area contributed by atoms with Gasteiger partial charge in [-0.15, -0.1) is 0 Å². The number of esters is 2. The Labute approximate surface area is 143 Å². The number of nitrogens with zero attached hydrogens (tertiary/aromatic N) is 1. The summed E-state index contributed by atoms with van der Waals surface area (Å²) in [7, 11) is 2.63. The number of nitro benzene ring substituents is 1. The molecule has 2 rings (SSSR count). The zero-order valence-electron chi connectivity index (χ0n) is 13.6. The fourth-order valence-electron chi connectivity index (χ4n) is 2.12. The maximum absolute atomic E-state index is 12.2. The van der Waals surface area contributed by atoms with Crippen LogP contribution in [-0.4, -0.2) is 31.1 Å². The van der Waals surface area contributed by atoms with Gasteiger partial charge in [0.15, 0.2) is 0 Å². The van der Waals surface area contributed by atoms with Crippen LogP contribution in [0.2, 0.25) is 0 Å². The summed E-state index contributed by atoms with van der Waals surface area (Å²) in [5, 5.41) is 11.0. The van der Waals surface area contributed by atoms with Gasteiger partial charge in [0.05, 0.1) is 30.3 Å². The van der Waals surface area contributed by atoms with Crippen molar-refractivity contribution in [2.45, 2.75) is 6.61 Å². The minimum atomic E-state index is -0.806. The van der Waals surface area contributed by atoms with Crippen LogP contribution >= 0.6 is 0 Å². The lowest BCUT2D eigenvalue weighted by molar-refractivity contribution is -0.384. The highest BCUT2D eigenvalue weighted by atomic mass is 16.6. The van der Waals surface area contributed by atoms with Gasteiger partial charge in [-0.25, -0.2) is 9.59 Å². The number of carbonyl (C=O) groups is 2. The van der Waals surface area contributed by atoms with E-state index < -0.39 is 22.5 Å². The number of carbonyl (C=O) groups excluding carboxylic acids is 2. The molecule has 0 saturated heterocycles. The second-order valence-corrected chi connectivity index (χ2v) is 4.91. The van der Waals surface area contributed by atoms with Gasteiger partial charge in [-0.1, -0.05) is 18.2 Å². The Morgan fingerprint density at radius 3 is 2.28 bits per heavy atom. The van der Waals surface area contributed by atoms with Gasteiger partial charge < -0.3 is 14.2 Å². The summed E-state index contributed by atoms with van der Waals surface area (Å²) in [4.78, 5) is 34.1. The van der Waals surface area contributed by atoms with Crippen molar-refractivity contribution >= 4 is 17.6 Å². The van der Waals surface area contributed by atoms with Crippen LogP contribution in [0.3, 0.4) is 0 Å². The molecule has 0 unspecified atom stereocenters. The molecule has 0 fully saturated rings. The van der Waals surface area contributed by atoms with Gasteiger partial charge in [-0.05, 0) is 12.1 Å². The predicted octanol–water partition coefficient (Wildman–Crippen LogP) is 2.75. The number of hydrogen-bond donors (Lipinski definition) is 0. The average molecular weight is 345 g/mol. The number of methoxy groups -OCH3 is 2. The van der Waals surface area contributed by atoms with Gasteiger partial charge >= 0.3 is 11.9 Å². The minimum absolute atomic E-state index is 0.0842. The molecule has 0 amide bonds. The van der Waals surface area contributed by atoms with E-state index in [1.54, 1.807) is 24.3 Å². The van der Waals surface area contributed by atoms with E-state index >= 15 is 0 Å². The highest BCUT2D eigenvalue weighted by Crippen LogP contribution is 2.21. The molecular weight excluding hydrogens is 330 g/mol. The third-order valence-corrected chi connectivity index (χ3v) is 3.34. The van der Waals surface area contributed by atoms with Gasteiger partial charge in [0.1, 0.15) is 12.4 Å². The van der Waals surface area contributed by atoms with Gasteiger partial charge in [0, 0.05) is 17.7 Å². The molecule has 0 radical (unpaired) electrons. The first-order chi connectivity index (χ1) is 12.0. The fraction of sp³-hybridized carbons (Fsp3) is 0.176. The third-order valence-electron chi connectivity index (χ3n) is 3.34. The number of rotatable bonds is 6. The first-order valence-electron chi connectivity index (χ1n) is 7.13. The van der Waals surface area contributed by atoms with Gasteiger partial charge in [0.25, 0.3) is 5.69 Å². The second-order valence-electron chi connectivity index (χ2n) is 4.91. The van der Waals surface area contributed by atoms with Crippen molar-refractivity contribution in [3.63, 3.8) is 0 Å². The second kappa shape index (κ2) is 7.91. The van der Waals surface area contributed by atoms with E-state index in [1.165, 1.54) is 13.2 Å². The highest BCUT2D eigenvalue weighted by Gasteiger charge is 2.19. The topological polar surface area (TPSA) is 105 Å². The van der Waals surface area contributed by atoms with Crippen LogP contribution in [0.25, 0.3) is 0 Å². The van der Waals surface area contributed by atoms with Crippen LogP contribution < -0.4 is 4.74 Å². The maximum atomic E-state index is 12.2. The SMILES string of the molecule is COC(=O)c1cc(C(=O)OCc2ccccc2OC)cc([N+](=O)[O-])c1. The third kappa shape index (κ3) is 4.31. The van der Waals surface area contributed by atoms with Crippen molar-refractivity contribution < 1.29 is 28.7 Å². The van der Waals surface area contributed by atoms with Crippen LogP contribution in [0.15, 0.2) is 42.5 Å². The molecule has 0 saturated carbocycles. The van der Waals surface area contributed by atoms with Crippen molar-refractivity contribution in [3.8, 4) is 5.75 Å². The van der Waals surface area contributed by atoms with E-state index in [4.69, 9.17) is 9.47 Å². The van der Waals surface area contributed by atoms with Crippen LogP contribution in [0.4, 0.5) is 5.69 Å². The summed E-state index contributed by atoms with van der Waals surface area (Å²) < 4.78 is 14.9. The molecule has 8 heteroatoms. The van der Waals surface area contributed by atoms with E-state index in [9.17, 15) is 19.7 Å². The summed E-state index contributed by atoms with van der Waals surface area (Å²) in [6.45, 7) is -0.0842. The summed E-state index contributed by atoms with van der Waals surface area (Å²) in [6, 6.07) is 10.2. The van der Waals surface area contributed by atoms with Crippen LogP contribution in [0.1, 0.15) is 26.3 Å². The molecule has 0 aromatic heterocycles. The zero-order valence-corrected chi connectivity index (χ0v) is 13.6. The monoisotopic (exact) mass is 345 g/mol. The molecule has 0 aliphatic rings. The number of ether oxygens (including phenoxy) is 3. The molecule has 0 spiro atoms. The zero-order chi connectivity index (χ0) is 18.4. The van der Waals surface area contributed by atoms with E-state index in [0.717, 1.165) is 19.2 Å². The number of non-ortho nitro benzene ring substituents is 1. The number of para-hydroxylation sites is 1. The van der Waals surface area contributed by atoms with E-state index in [1.807, 2.05) is 0 Å². The van der Waals surface area contributed by atoms with Crippen LogP contribution in [-0.2, 0) is 16.1 Å². The van der Waals surface area contributed by atoms with Gasteiger partial charge in [-0.2, -0.15) is 0 Å². The molecule has 0 aliphatic carbocycles. The lowest BCUT2D eigenvalue weighted by Crippen LogP contribution is -2.09. The number of hydrogen-bond acceptors (Lipinski definition) is 7. The van der Waals surface area contributed by atoms with Crippen molar-refractivity contribution in [2.75, 3.05) is 14.2 Å². The smallest absolute Gasteiger partial charge is 0.338 e. The van der Waals surface area contributed by atoms with Crippen molar-refractivity contribution in [2.24, 2.45) is 0 Å². The summed E-state index contributed by atoms with van der Waals surface area (Å²) in [5.41, 5.74) is -0.00504. The molecule has 0 heterocycles. The molecule has 0 aliphatic heterocycles. The summed E-state index contributed by atoms with van der Waals surface area (Å²) in [6.07, 6.45) is 0. The molecule has 25 heavy (non-hydrogen) atoms. The Morgan fingerprint density at radius 2 is 1.68 bits per heavy atom. The van der Waals surface area contributed by atoms with E-state index in [-0.39, 0.29) is 17.7 Å². The summed E-state index contributed by atoms with van der Waals surface area (Å²) >= 11 is 0. The first-order valence-corrected chi connectivity index (χ1v) is 7.13.